The van der Waals surface area contributed by atoms with E-state index >= 15 is 0 Å². The van der Waals surface area contributed by atoms with Gasteiger partial charge in [0.1, 0.15) is 10.6 Å². The number of aliphatic hydroxyl groups is 1. The highest BCUT2D eigenvalue weighted by Gasteiger charge is 2.36. The lowest BCUT2D eigenvalue weighted by Gasteiger charge is -2.34. The monoisotopic (exact) mass is 344 g/mol. The maximum absolute atomic E-state index is 11.0. The van der Waals surface area contributed by atoms with Crippen LogP contribution in [0, 0.1) is 6.92 Å². The molecule has 0 saturated carbocycles. The van der Waals surface area contributed by atoms with Gasteiger partial charge in [-0.15, -0.1) is 10.2 Å². The van der Waals surface area contributed by atoms with Crippen LogP contribution >= 0.6 is 11.3 Å². The molecule has 2 aromatic rings. The molecule has 1 aliphatic carbocycles. The molecule has 0 radical (unpaired) electrons. The quantitative estimate of drug-likeness (QED) is 0.891. The average molecular weight is 344 g/mol. The molecule has 2 heterocycles. The summed E-state index contributed by atoms with van der Waals surface area (Å²) >= 11 is 1.66. The summed E-state index contributed by atoms with van der Waals surface area (Å²) in [7, 11) is 0. The molecule has 1 aliphatic heterocycles. The second kappa shape index (κ2) is 6.43. The van der Waals surface area contributed by atoms with Gasteiger partial charge in [0.05, 0.1) is 0 Å². The van der Waals surface area contributed by atoms with Crippen molar-refractivity contribution < 1.29 is 5.11 Å². The maximum atomic E-state index is 11.0. The Labute approximate surface area is 146 Å². The molecule has 0 unspecified atom stereocenters. The van der Waals surface area contributed by atoms with E-state index in [-0.39, 0.29) is 0 Å². The number of anilines is 1. The molecule has 1 saturated heterocycles. The number of nitrogens with one attached hydrogen (secondary N) is 1. The Kier molecular flexibility index (Phi) is 4.28. The van der Waals surface area contributed by atoms with Crippen LogP contribution in [0.5, 0.6) is 0 Å². The van der Waals surface area contributed by atoms with Gasteiger partial charge in [-0.1, -0.05) is 35.6 Å². The van der Waals surface area contributed by atoms with Crippen LogP contribution in [-0.4, -0.2) is 41.0 Å². The van der Waals surface area contributed by atoms with Crippen LogP contribution in [0.4, 0.5) is 5.13 Å². The molecule has 1 aromatic heterocycles. The number of fused-ring (bicyclic) bond motifs is 1. The molecule has 0 amide bonds. The number of hydrogen-bond donors (Lipinski definition) is 2. The van der Waals surface area contributed by atoms with E-state index < -0.39 is 5.60 Å². The summed E-state index contributed by atoms with van der Waals surface area (Å²) < 4.78 is 0. The minimum Gasteiger partial charge on any atom is -0.384 e. The first-order valence-electron chi connectivity index (χ1n) is 8.73. The zero-order valence-corrected chi connectivity index (χ0v) is 14.9. The third-order valence-corrected chi connectivity index (χ3v) is 6.19. The van der Waals surface area contributed by atoms with Gasteiger partial charge in [0.15, 0.2) is 0 Å². The van der Waals surface area contributed by atoms with E-state index in [1.807, 2.05) is 13.0 Å². The van der Waals surface area contributed by atoms with E-state index in [1.54, 1.807) is 11.3 Å². The minimum absolute atomic E-state index is 0.465. The number of benzene rings is 1. The second-order valence-electron chi connectivity index (χ2n) is 6.93. The molecule has 1 aromatic carbocycles. The molecule has 6 heteroatoms. The lowest BCUT2D eigenvalue weighted by atomic mass is 9.95. The molecule has 0 spiro atoms. The maximum Gasteiger partial charge on any atom is 0.208 e. The van der Waals surface area contributed by atoms with Crippen molar-refractivity contribution in [1.29, 1.82) is 0 Å². The topological polar surface area (TPSA) is 61.3 Å². The number of nitrogens with zero attached hydrogens (tertiary/aromatic N) is 3. The predicted molar refractivity (Wildman–Crippen MR) is 96.5 cm³/mol. The van der Waals surface area contributed by atoms with Gasteiger partial charge in [-0.05, 0) is 43.7 Å². The van der Waals surface area contributed by atoms with Crippen LogP contribution in [-0.2, 0) is 12.0 Å². The van der Waals surface area contributed by atoms with Gasteiger partial charge in [0.25, 0.3) is 0 Å². The van der Waals surface area contributed by atoms with Crippen molar-refractivity contribution in [1.82, 2.24) is 15.5 Å². The molecule has 0 bridgehead atoms. The Morgan fingerprint density at radius 3 is 2.83 bits per heavy atom. The molecule has 24 heavy (non-hydrogen) atoms. The second-order valence-corrected chi connectivity index (χ2v) is 8.09. The fourth-order valence-corrected chi connectivity index (χ4v) is 4.59. The molecular weight excluding hydrogens is 320 g/mol. The van der Waals surface area contributed by atoms with Crippen LogP contribution in [0.1, 0.15) is 35.4 Å². The molecule has 128 valence electrons. The summed E-state index contributed by atoms with van der Waals surface area (Å²) in [5.41, 5.74) is 1.70. The molecule has 5 nitrogen and oxygen atoms in total. The number of piperidine rings is 1. The molecule has 2 aliphatic rings. The van der Waals surface area contributed by atoms with Gasteiger partial charge < -0.3 is 15.3 Å². The molecule has 2 N–H and O–H groups in total. The number of rotatable bonds is 4. The number of aromatic nitrogens is 2. The van der Waals surface area contributed by atoms with E-state index in [0.29, 0.717) is 12.6 Å². The van der Waals surface area contributed by atoms with Gasteiger partial charge in [0.2, 0.25) is 5.13 Å². The highest BCUT2D eigenvalue weighted by molar-refractivity contribution is 7.15. The van der Waals surface area contributed by atoms with Crippen molar-refractivity contribution >= 4 is 16.5 Å². The summed E-state index contributed by atoms with van der Waals surface area (Å²) in [6.07, 6.45) is 3.96. The van der Waals surface area contributed by atoms with E-state index in [1.165, 1.54) is 5.56 Å². The third-order valence-electron chi connectivity index (χ3n) is 5.29. The summed E-state index contributed by atoms with van der Waals surface area (Å²) in [5.74, 6) is 0. The van der Waals surface area contributed by atoms with Crippen molar-refractivity contribution in [2.75, 3.05) is 24.5 Å². The van der Waals surface area contributed by atoms with E-state index in [9.17, 15) is 5.11 Å². The zero-order chi connectivity index (χ0) is 16.6. The number of aryl methyl sites for hydroxylation is 2. The van der Waals surface area contributed by atoms with E-state index in [2.05, 4.69) is 38.6 Å². The SMILES string of the molecule is Cc1nnc(N2CCC(NC[C@]3(O)CCc4ccccc43)CC2)s1. The minimum atomic E-state index is -0.704. The molecule has 1 fully saturated rings. The average Bonchev–Trinajstić information content (AvgIpc) is 3.19. The Morgan fingerprint density at radius 1 is 1.29 bits per heavy atom. The first-order valence-corrected chi connectivity index (χ1v) is 9.55. The Bertz CT molecular complexity index is 711. The third kappa shape index (κ3) is 3.06. The normalized spacial score (nSPS) is 24.3. The summed E-state index contributed by atoms with van der Waals surface area (Å²) in [5, 5.41) is 25.0. The summed E-state index contributed by atoms with van der Waals surface area (Å²) in [6.45, 7) is 4.64. The fraction of sp³-hybridized carbons (Fsp3) is 0.556. The Morgan fingerprint density at radius 2 is 2.08 bits per heavy atom. The van der Waals surface area contributed by atoms with Gasteiger partial charge in [0, 0.05) is 25.7 Å². The van der Waals surface area contributed by atoms with Crippen molar-refractivity contribution in [3.8, 4) is 0 Å². The fourth-order valence-electron chi connectivity index (χ4n) is 3.85. The van der Waals surface area contributed by atoms with E-state index in [0.717, 1.165) is 54.5 Å². The zero-order valence-electron chi connectivity index (χ0n) is 14.0. The smallest absolute Gasteiger partial charge is 0.208 e. The highest BCUT2D eigenvalue weighted by Crippen LogP contribution is 2.36. The standard InChI is InChI=1S/C18H24N4OS/c1-13-20-21-17(24-13)22-10-7-15(8-11-22)19-12-18(23)9-6-14-4-2-3-5-16(14)18/h2-5,15,19,23H,6-12H2,1H3/t18-/m1/s1. The van der Waals surface area contributed by atoms with Crippen molar-refractivity contribution in [2.45, 2.75) is 44.2 Å². The van der Waals surface area contributed by atoms with Crippen LogP contribution in [0.3, 0.4) is 0 Å². The van der Waals surface area contributed by atoms with Gasteiger partial charge in [-0.2, -0.15) is 0 Å². The van der Waals surface area contributed by atoms with Crippen LogP contribution < -0.4 is 10.2 Å². The first-order chi connectivity index (χ1) is 11.6. The largest absolute Gasteiger partial charge is 0.384 e. The molecule has 1 atom stereocenters. The Balaban J connectivity index is 1.32. The highest BCUT2D eigenvalue weighted by atomic mass is 32.1. The van der Waals surface area contributed by atoms with Gasteiger partial charge >= 0.3 is 0 Å². The van der Waals surface area contributed by atoms with Crippen molar-refractivity contribution in [2.24, 2.45) is 0 Å². The summed E-state index contributed by atoms with van der Waals surface area (Å²) in [4.78, 5) is 2.32. The Hall–Kier alpha value is -1.50. The summed E-state index contributed by atoms with van der Waals surface area (Å²) in [6, 6.07) is 8.76. The van der Waals surface area contributed by atoms with Gasteiger partial charge in [-0.25, -0.2) is 0 Å². The van der Waals surface area contributed by atoms with Crippen LogP contribution in [0.15, 0.2) is 24.3 Å². The predicted octanol–water partition coefficient (Wildman–Crippen LogP) is 2.24. The first kappa shape index (κ1) is 16.0. The lowest BCUT2D eigenvalue weighted by molar-refractivity contribution is 0.0350. The van der Waals surface area contributed by atoms with Crippen LogP contribution in [0.2, 0.25) is 0 Å². The lowest BCUT2D eigenvalue weighted by Crippen LogP contribution is -2.47. The molecule has 4 rings (SSSR count). The van der Waals surface area contributed by atoms with Crippen molar-refractivity contribution in [3.05, 3.63) is 40.4 Å². The molecular formula is C18H24N4OS. The number of hydrogen-bond acceptors (Lipinski definition) is 6. The van der Waals surface area contributed by atoms with Crippen LogP contribution in [0.25, 0.3) is 0 Å². The van der Waals surface area contributed by atoms with Gasteiger partial charge in [-0.3, -0.25) is 0 Å². The van der Waals surface area contributed by atoms with Crippen molar-refractivity contribution in [3.63, 3.8) is 0 Å². The van der Waals surface area contributed by atoms with E-state index in [4.69, 9.17) is 0 Å².